The van der Waals surface area contributed by atoms with Gasteiger partial charge in [0.15, 0.2) is 5.60 Å². The maximum absolute atomic E-state index is 12.4. The molecule has 0 spiro atoms. The van der Waals surface area contributed by atoms with Crippen molar-refractivity contribution < 1.29 is 9.84 Å². The molecule has 0 aliphatic rings. The number of aromatic nitrogens is 5. The van der Waals surface area contributed by atoms with E-state index in [2.05, 4.69) is 16.2 Å². The van der Waals surface area contributed by atoms with Crippen LogP contribution in [0.5, 0.6) is 5.88 Å². The van der Waals surface area contributed by atoms with Crippen LogP contribution >= 0.6 is 11.6 Å². The molecule has 41 heavy (non-hydrogen) atoms. The Morgan fingerprint density at radius 3 is 2.44 bits per heavy atom. The number of methoxy groups -OCH3 is 1. The zero-order chi connectivity index (χ0) is 28.6. The van der Waals surface area contributed by atoms with Crippen LogP contribution in [0.2, 0.25) is 5.02 Å². The lowest BCUT2D eigenvalue weighted by molar-refractivity contribution is 0.117. The highest BCUT2D eigenvalue weighted by molar-refractivity contribution is 6.30. The van der Waals surface area contributed by atoms with Crippen molar-refractivity contribution in [1.82, 2.24) is 24.3 Å². The van der Waals surface area contributed by atoms with Gasteiger partial charge in [-0.05, 0) is 59.2 Å². The van der Waals surface area contributed by atoms with Crippen LogP contribution < -0.4 is 4.74 Å². The SMILES string of the molecule is COc1nc2ccc([C@](O)(c3ccc(Cl)cc3)c3cncn3C)cc2c(C#N)c1Cc1ccc(-n2cccn2)cc1. The lowest BCUT2D eigenvalue weighted by Crippen LogP contribution is -2.31. The van der Waals surface area contributed by atoms with Gasteiger partial charge < -0.3 is 14.4 Å². The monoisotopic (exact) mass is 560 g/mol. The highest BCUT2D eigenvalue weighted by atomic mass is 35.5. The van der Waals surface area contributed by atoms with Crippen LogP contribution in [-0.2, 0) is 19.1 Å². The molecule has 0 fully saturated rings. The highest BCUT2D eigenvalue weighted by Gasteiger charge is 2.37. The van der Waals surface area contributed by atoms with Gasteiger partial charge in [-0.2, -0.15) is 10.4 Å². The lowest BCUT2D eigenvalue weighted by Gasteiger charge is -2.30. The van der Waals surface area contributed by atoms with E-state index in [-0.39, 0.29) is 0 Å². The van der Waals surface area contributed by atoms with Gasteiger partial charge in [0.2, 0.25) is 5.88 Å². The summed E-state index contributed by atoms with van der Waals surface area (Å²) in [7, 11) is 3.38. The molecule has 1 atom stereocenters. The smallest absolute Gasteiger partial charge is 0.218 e. The third-order valence-electron chi connectivity index (χ3n) is 7.31. The summed E-state index contributed by atoms with van der Waals surface area (Å²) in [6.07, 6.45) is 7.32. The zero-order valence-corrected chi connectivity index (χ0v) is 23.1. The Hall–Kier alpha value is -4.97. The number of hydrogen-bond acceptors (Lipinski definition) is 6. The van der Waals surface area contributed by atoms with Crippen LogP contribution in [0.15, 0.2) is 97.7 Å². The van der Waals surface area contributed by atoms with Gasteiger partial charge in [-0.1, -0.05) is 41.9 Å². The number of aliphatic hydroxyl groups is 1. The Bertz CT molecular complexity index is 1890. The molecule has 202 valence electrons. The first-order valence-corrected chi connectivity index (χ1v) is 13.3. The Kier molecular flexibility index (Phi) is 6.75. The van der Waals surface area contributed by atoms with Crippen LogP contribution in [0.3, 0.4) is 0 Å². The van der Waals surface area contributed by atoms with E-state index in [9.17, 15) is 10.4 Å². The van der Waals surface area contributed by atoms with Crippen molar-refractivity contribution in [3.05, 3.63) is 136 Å². The van der Waals surface area contributed by atoms with E-state index in [1.807, 2.05) is 55.7 Å². The van der Waals surface area contributed by atoms with Crippen LogP contribution in [0.4, 0.5) is 0 Å². The number of nitriles is 1. The van der Waals surface area contributed by atoms with Gasteiger partial charge in [0, 0.05) is 41.8 Å². The molecule has 0 unspecified atom stereocenters. The molecule has 3 aromatic heterocycles. The number of ether oxygens (including phenoxy) is 1. The summed E-state index contributed by atoms with van der Waals surface area (Å²) < 4.78 is 9.21. The largest absolute Gasteiger partial charge is 0.481 e. The van der Waals surface area contributed by atoms with Gasteiger partial charge in [-0.3, -0.25) is 0 Å². The molecular formula is C32H25ClN6O2. The number of aryl methyl sites for hydroxylation is 1. The van der Waals surface area contributed by atoms with E-state index in [0.717, 1.165) is 11.3 Å². The summed E-state index contributed by atoms with van der Waals surface area (Å²) in [6.45, 7) is 0. The summed E-state index contributed by atoms with van der Waals surface area (Å²) in [4.78, 5) is 8.99. The summed E-state index contributed by atoms with van der Waals surface area (Å²) in [6, 6.07) is 24.7. The molecule has 0 bridgehead atoms. The molecule has 0 aliphatic heterocycles. The van der Waals surface area contributed by atoms with Crippen molar-refractivity contribution in [2.75, 3.05) is 7.11 Å². The van der Waals surface area contributed by atoms with Gasteiger partial charge in [0.25, 0.3) is 0 Å². The number of halogens is 1. The maximum atomic E-state index is 12.4. The number of hydrogen-bond donors (Lipinski definition) is 1. The fraction of sp³-hybridized carbons (Fsp3) is 0.125. The normalized spacial score (nSPS) is 12.7. The fourth-order valence-corrected chi connectivity index (χ4v) is 5.34. The van der Waals surface area contributed by atoms with Crippen LogP contribution in [-0.4, -0.2) is 36.5 Å². The first kappa shape index (κ1) is 26.3. The summed E-state index contributed by atoms with van der Waals surface area (Å²) in [5, 5.41) is 28.2. The third kappa shape index (κ3) is 4.61. The second kappa shape index (κ2) is 10.5. The Morgan fingerprint density at radius 2 is 1.80 bits per heavy atom. The minimum Gasteiger partial charge on any atom is -0.481 e. The standard InChI is InChI=1S/C32H25ClN6O2/c1-38-20-35-19-30(38)32(40,22-6-9-24(33)10-7-22)23-8-13-29-26(17-23)28(18-34)27(31(37-29)41-2)16-21-4-11-25(12-5-21)39-15-3-14-36-39/h3-15,17,19-20,40H,16H2,1-2H3/t32-/m1/s1. The molecule has 9 heteroatoms. The molecule has 6 aromatic rings. The molecule has 0 amide bonds. The molecule has 0 saturated carbocycles. The third-order valence-corrected chi connectivity index (χ3v) is 7.56. The highest BCUT2D eigenvalue weighted by Crippen LogP contribution is 2.39. The van der Waals surface area contributed by atoms with E-state index >= 15 is 0 Å². The average molecular weight is 561 g/mol. The number of imidazole rings is 1. The zero-order valence-electron chi connectivity index (χ0n) is 22.4. The second-order valence-electron chi connectivity index (χ2n) is 9.72. The first-order valence-electron chi connectivity index (χ1n) is 12.9. The molecule has 3 aromatic carbocycles. The van der Waals surface area contributed by atoms with Crippen molar-refractivity contribution in [1.29, 1.82) is 5.26 Å². The van der Waals surface area contributed by atoms with Gasteiger partial charge in [0.1, 0.15) is 6.07 Å². The predicted octanol–water partition coefficient (Wildman–Crippen LogP) is 5.56. The maximum Gasteiger partial charge on any atom is 0.218 e. The molecule has 0 radical (unpaired) electrons. The van der Waals surface area contributed by atoms with Crippen molar-refractivity contribution in [3.8, 4) is 17.6 Å². The van der Waals surface area contributed by atoms with Gasteiger partial charge in [0.05, 0.1) is 42.1 Å². The minimum absolute atomic E-state index is 0.387. The second-order valence-corrected chi connectivity index (χ2v) is 10.2. The predicted molar refractivity (Wildman–Crippen MR) is 156 cm³/mol. The van der Waals surface area contributed by atoms with Gasteiger partial charge in [-0.25, -0.2) is 14.6 Å². The van der Waals surface area contributed by atoms with Crippen molar-refractivity contribution >= 4 is 22.5 Å². The van der Waals surface area contributed by atoms with Crippen molar-refractivity contribution in [2.45, 2.75) is 12.0 Å². The van der Waals surface area contributed by atoms with E-state index in [0.29, 0.717) is 56.2 Å². The van der Waals surface area contributed by atoms with E-state index < -0.39 is 5.60 Å². The van der Waals surface area contributed by atoms with Gasteiger partial charge in [-0.15, -0.1) is 0 Å². The number of pyridine rings is 1. The lowest BCUT2D eigenvalue weighted by atomic mass is 9.82. The number of rotatable bonds is 7. The molecule has 0 aliphatic carbocycles. The Balaban J connectivity index is 1.50. The van der Waals surface area contributed by atoms with Gasteiger partial charge >= 0.3 is 0 Å². The van der Waals surface area contributed by atoms with Crippen LogP contribution in [0, 0.1) is 11.3 Å². The molecule has 3 heterocycles. The Labute approximate surface area is 241 Å². The molecule has 6 rings (SSSR count). The van der Waals surface area contributed by atoms with Crippen LogP contribution in [0.1, 0.15) is 33.5 Å². The fourth-order valence-electron chi connectivity index (χ4n) is 5.22. The quantitative estimate of drug-likeness (QED) is 0.274. The molecular weight excluding hydrogens is 536 g/mol. The molecule has 1 N–H and O–H groups in total. The average Bonchev–Trinajstić information content (AvgIpc) is 3.69. The van der Waals surface area contributed by atoms with E-state index in [1.54, 1.807) is 65.4 Å². The topological polar surface area (TPSA) is 102 Å². The summed E-state index contributed by atoms with van der Waals surface area (Å²) >= 11 is 6.17. The summed E-state index contributed by atoms with van der Waals surface area (Å²) in [5.41, 5.74) is 3.79. The number of fused-ring (bicyclic) bond motifs is 1. The van der Waals surface area contributed by atoms with Crippen molar-refractivity contribution in [3.63, 3.8) is 0 Å². The van der Waals surface area contributed by atoms with Crippen molar-refractivity contribution in [2.24, 2.45) is 7.05 Å². The van der Waals surface area contributed by atoms with E-state index in [1.165, 1.54) is 0 Å². The minimum atomic E-state index is -1.57. The van der Waals surface area contributed by atoms with E-state index in [4.69, 9.17) is 21.3 Å². The number of nitrogens with zero attached hydrogens (tertiary/aromatic N) is 6. The Morgan fingerprint density at radius 1 is 1.05 bits per heavy atom. The number of benzene rings is 3. The van der Waals surface area contributed by atoms with Crippen LogP contribution in [0.25, 0.3) is 16.6 Å². The first-order chi connectivity index (χ1) is 19.9. The molecule has 8 nitrogen and oxygen atoms in total. The summed E-state index contributed by atoms with van der Waals surface area (Å²) in [5.74, 6) is 0.387. The molecule has 0 saturated heterocycles.